The maximum absolute atomic E-state index is 12.1. The van der Waals surface area contributed by atoms with E-state index in [1.54, 1.807) is 0 Å². The van der Waals surface area contributed by atoms with E-state index in [1.807, 2.05) is 29.2 Å². The van der Waals surface area contributed by atoms with Gasteiger partial charge >= 0.3 is 0 Å². The number of ether oxygens (including phenoxy) is 1. The molecule has 21 heavy (non-hydrogen) atoms. The van der Waals surface area contributed by atoms with Crippen LogP contribution in [0.2, 0.25) is 0 Å². The molecule has 1 saturated heterocycles. The van der Waals surface area contributed by atoms with Crippen molar-refractivity contribution in [3.63, 3.8) is 0 Å². The van der Waals surface area contributed by atoms with E-state index in [-0.39, 0.29) is 18.0 Å². The molecule has 1 amide bonds. The minimum atomic E-state index is -0.126. The third-order valence-corrected chi connectivity index (χ3v) is 3.73. The highest BCUT2D eigenvalue weighted by Crippen LogP contribution is 2.33. The first-order valence-electron chi connectivity index (χ1n) is 7.80. The standard InChI is InChI=1S/C17H26N2O2/c1-4-9-21-14-7-5-13(6-8-14)17-15(18)10-16(20)19(17)11-12(2)3/h5-8,12,15,17H,4,9-11,18H2,1-3H3. The van der Waals surface area contributed by atoms with E-state index in [1.165, 1.54) is 0 Å². The number of amides is 1. The molecule has 0 bridgehead atoms. The highest BCUT2D eigenvalue weighted by molar-refractivity contribution is 5.80. The Kier molecular flexibility index (Phi) is 5.23. The average Bonchev–Trinajstić information content (AvgIpc) is 2.71. The van der Waals surface area contributed by atoms with Crippen molar-refractivity contribution in [1.82, 2.24) is 4.90 Å². The largest absolute Gasteiger partial charge is 0.494 e. The second-order valence-electron chi connectivity index (χ2n) is 6.17. The summed E-state index contributed by atoms with van der Waals surface area (Å²) in [6, 6.07) is 7.85. The van der Waals surface area contributed by atoms with Gasteiger partial charge in [0.1, 0.15) is 5.75 Å². The molecule has 1 aromatic rings. The molecule has 0 saturated carbocycles. The number of hydrogen-bond acceptors (Lipinski definition) is 3. The minimum Gasteiger partial charge on any atom is -0.494 e. The number of carbonyl (C=O) groups is 1. The van der Waals surface area contributed by atoms with E-state index < -0.39 is 0 Å². The number of likely N-dealkylation sites (tertiary alicyclic amines) is 1. The molecule has 0 aliphatic carbocycles. The van der Waals surface area contributed by atoms with Gasteiger partial charge in [-0.25, -0.2) is 0 Å². The first-order valence-corrected chi connectivity index (χ1v) is 7.80. The fourth-order valence-electron chi connectivity index (χ4n) is 2.83. The van der Waals surface area contributed by atoms with Crippen LogP contribution < -0.4 is 10.5 Å². The van der Waals surface area contributed by atoms with Gasteiger partial charge in [-0.05, 0) is 30.0 Å². The fourth-order valence-corrected chi connectivity index (χ4v) is 2.83. The molecule has 2 rings (SSSR count). The minimum absolute atomic E-state index is 0.0138. The van der Waals surface area contributed by atoms with Gasteiger partial charge in [-0.3, -0.25) is 4.79 Å². The highest BCUT2D eigenvalue weighted by Gasteiger charge is 2.38. The van der Waals surface area contributed by atoms with Gasteiger partial charge in [0.25, 0.3) is 0 Å². The Morgan fingerprint density at radius 3 is 2.57 bits per heavy atom. The van der Waals surface area contributed by atoms with Crippen molar-refractivity contribution < 1.29 is 9.53 Å². The number of rotatable bonds is 6. The zero-order valence-electron chi connectivity index (χ0n) is 13.2. The molecule has 2 unspecified atom stereocenters. The van der Waals surface area contributed by atoms with Crippen LogP contribution in [0.25, 0.3) is 0 Å². The molecule has 1 aromatic carbocycles. The van der Waals surface area contributed by atoms with Crippen molar-refractivity contribution in [1.29, 1.82) is 0 Å². The summed E-state index contributed by atoms with van der Waals surface area (Å²) in [4.78, 5) is 14.1. The summed E-state index contributed by atoms with van der Waals surface area (Å²) in [6.45, 7) is 7.80. The van der Waals surface area contributed by atoms with Crippen LogP contribution in [0.5, 0.6) is 5.75 Å². The predicted molar refractivity (Wildman–Crippen MR) is 84.1 cm³/mol. The lowest BCUT2D eigenvalue weighted by molar-refractivity contribution is -0.129. The Labute approximate surface area is 127 Å². The molecule has 1 aliphatic rings. The lowest BCUT2D eigenvalue weighted by Gasteiger charge is -2.29. The Morgan fingerprint density at radius 2 is 2.00 bits per heavy atom. The maximum Gasteiger partial charge on any atom is 0.224 e. The molecule has 2 N–H and O–H groups in total. The van der Waals surface area contributed by atoms with Crippen LogP contribution in [-0.4, -0.2) is 30.0 Å². The Balaban J connectivity index is 2.15. The molecule has 4 heteroatoms. The maximum atomic E-state index is 12.1. The summed E-state index contributed by atoms with van der Waals surface area (Å²) >= 11 is 0. The molecule has 0 aromatic heterocycles. The lowest BCUT2D eigenvalue weighted by Crippen LogP contribution is -2.35. The number of carbonyl (C=O) groups excluding carboxylic acids is 1. The van der Waals surface area contributed by atoms with Gasteiger partial charge in [0.2, 0.25) is 5.91 Å². The van der Waals surface area contributed by atoms with Gasteiger partial charge in [-0.1, -0.05) is 32.9 Å². The van der Waals surface area contributed by atoms with Crippen LogP contribution in [-0.2, 0) is 4.79 Å². The number of hydrogen-bond donors (Lipinski definition) is 1. The zero-order valence-corrected chi connectivity index (χ0v) is 13.2. The first-order chi connectivity index (χ1) is 10.0. The van der Waals surface area contributed by atoms with Crippen molar-refractivity contribution in [3.05, 3.63) is 29.8 Å². The van der Waals surface area contributed by atoms with Crippen LogP contribution in [0.15, 0.2) is 24.3 Å². The summed E-state index contributed by atoms with van der Waals surface area (Å²) in [5.74, 6) is 1.47. The smallest absolute Gasteiger partial charge is 0.224 e. The topological polar surface area (TPSA) is 55.6 Å². The first kappa shape index (κ1) is 15.8. The van der Waals surface area contributed by atoms with Gasteiger partial charge in [0, 0.05) is 19.0 Å². The molecule has 4 nitrogen and oxygen atoms in total. The molecule has 1 fully saturated rings. The molecule has 1 aliphatic heterocycles. The van der Waals surface area contributed by atoms with Gasteiger partial charge in [0.15, 0.2) is 0 Å². The summed E-state index contributed by atoms with van der Waals surface area (Å²) in [5, 5.41) is 0. The second-order valence-corrected chi connectivity index (χ2v) is 6.17. The van der Waals surface area contributed by atoms with Crippen molar-refractivity contribution >= 4 is 5.91 Å². The average molecular weight is 290 g/mol. The number of nitrogens with two attached hydrogens (primary N) is 1. The Bertz CT molecular complexity index is 470. The van der Waals surface area contributed by atoms with Crippen LogP contribution in [0.4, 0.5) is 0 Å². The fraction of sp³-hybridized carbons (Fsp3) is 0.588. The molecular weight excluding hydrogens is 264 g/mol. The molecule has 0 spiro atoms. The predicted octanol–water partition coefficient (Wildman–Crippen LogP) is 2.73. The summed E-state index contributed by atoms with van der Waals surface area (Å²) in [7, 11) is 0. The Morgan fingerprint density at radius 1 is 1.33 bits per heavy atom. The highest BCUT2D eigenvalue weighted by atomic mass is 16.5. The van der Waals surface area contributed by atoms with Crippen molar-refractivity contribution in [3.8, 4) is 5.75 Å². The van der Waals surface area contributed by atoms with Gasteiger partial charge in [-0.2, -0.15) is 0 Å². The van der Waals surface area contributed by atoms with E-state index in [0.717, 1.165) is 30.9 Å². The Hall–Kier alpha value is -1.55. The van der Waals surface area contributed by atoms with E-state index in [2.05, 4.69) is 20.8 Å². The molecule has 116 valence electrons. The number of benzene rings is 1. The van der Waals surface area contributed by atoms with Crippen LogP contribution in [0, 0.1) is 5.92 Å². The third kappa shape index (κ3) is 3.76. The van der Waals surface area contributed by atoms with Crippen molar-refractivity contribution in [2.45, 2.75) is 45.7 Å². The van der Waals surface area contributed by atoms with E-state index in [4.69, 9.17) is 10.5 Å². The number of nitrogens with zero attached hydrogens (tertiary/aromatic N) is 1. The SMILES string of the molecule is CCCOc1ccc(C2C(N)CC(=O)N2CC(C)C)cc1. The lowest BCUT2D eigenvalue weighted by atomic mass is 10.00. The monoisotopic (exact) mass is 290 g/mol. The summed E-state index contributed by atoms with van der Waals surface area (Å²) in [5.41, 5.74) is 7.29. The van der Waals surface area contributed by atoms with Crippen molar-refractivity contribution in [2.24, 2.45) is 11.7 Å². The van der Waals surface area contributed by atoms with Gasteiger partial charge in [-0.15, -0.1) is 0 Å². The van der Waals surface area contributed by atoms with Crippen molar-refractivity contribution in [2.75, 3.05) is 13.2 Å². The molecule has 0 radical (unpaired) electrons. The van der Waals surface area contributed by atoms with Crippen LogP contribution in [0.1, 0.15) is 45.2 Å². The normalized spacial score (nSPS) is 22.1. The molecular formula is C17H26N2O2. The van der Waals surface area contributed by atoms with E-state index >= 15 is 0 Å². The third-order valence-electron chi connectivity index (χ3n) is 3.73. The second kappa shape index (κ2) is 6.94. The van der Waals surface area contributed by atoms with E-state index in [0.29, 0.717) is 12.3 Å². The van der Waals surface area contributed by atoms with E-state index in [9.17, 15) is 4.79 Å². The van der Waals surface area contributed by atoms with Gasteiger partial charge in [0.05, 0.1) is 12.6 Å². The quantitative estimate of drug-likeness (QED) is 0.876. The van der Waals surface area contributed by atoms with Crippen LogP contribution >= 0.6 is 0 Å². The molecule has 1 heterocycles. The molecule has 2 atom stereocenters. The van der Waals surface area contributed by atoms with Crippen LogP contribution in [0.3, 0.4) is 0 Å². The zero-order chi connectivity index (χ0) is 15.4. The van der Waals surface area contributed by atoms with Gasteiger partial charge < -0.3 is 15.4 Å². The summed E-state index contributed by atoms with van der Waals surface area (Å²) < 4.78 is 5.60. The summed E-state index contributed by atoms with van der Waals surface area (Å²) in [6.07, 6.45) is 1.43.